The molecule has 2 aliphatic heterocycles. The van der Waals surface area contributed by atoms with Gasteiger partial charge >= 0.3 is 0 Å². The highest BCUT2D eigenvalue weighted by atomic mass is 35.5. The minimum Gasteiger partial charge on any atom is -0.491 e. The van der Waals surface area contributed by atoms with Gasteiger partial charge < -0.3 is 29.1 Å². The van der Waals surface area contributed by atoms with Crippen LogP contribution in [0.3, 0.4) is 0 Å². The minimum atomic E-state index is -2.60. The number of hydrogen-bond acceptors (Lipinski definition) is 8. The van der Waals surface area contributed by atoms with Crippen molar-refractivity contribution in [3.63, 3.8) is 0 Å². The number of aryl methyl sites for hydroxylation is 1. The van der Waals surface area contributed by atoms with Crippen molar-refractivity contribution >= 4 is 36.0 Å². The molecule has 0 radical (unpaired) electrons. The van der Waals surface area contributed by atoms with Gasteiger partial charge in [-0.3, -0.25) is 9.69 Å². The smallest absolute Gasteiger partial charge is 0.272 e. The second-order valence-electron chi connectivity index (χ2n) is 14.4. The van der Waals surface area contributed by atoms with Crippen LogP contribution >= 0.6 is 24.4 Å². The van der Waals surface area contributed by atoms with E-state index >= 15 is 0 Å². The maximum Gasteiger partial charge on any atom is 0.272 e. The number of nitrogens with one attached hydrogen (secondary N) is 1. The number of rotatable bonds is 17. The van der Waals surface area contributed by atoms with Crippen molar-refractivity contribution in [2.75, 3.05) is 64.4 Å². The predicted octanol–water partition coefficient (Wildman–Crippen LogP) is 7.04. The SMILES string of the molecule is C=C(C)N(C)CC/C=C/C(OCCN1CC(F)(F)C1)C1CCC1CN1CC(c2ccc(Cl)cc2CCC)COc2ccc(C(O)C(=O)NS)cc21. The number of fused-ring (bicyclic) bond motifs is 1. The molecule has 2 fully saturated rings. The van der Waals surface area contributed by atoms with Gasteiger partial charge in [0.1, 0.15) is 5.75 Å². The van der Waals surface area contributed by atoms with E-state index in [1.165, 1.54) is 11.1 Å². The summed E-state index contributed by atoms with van der Waals surface area (Å²) in [6.45, 7) is 11.3. The number of alkyl halides is 2. The van der Waals surface area contributed by atoms with E-state index in [-0.39, 0.29) is 36.9 Å². The average molecular weight is 747 g/mol. The van der Waals surface area contributed by atoms with E-state index in [9.17, 15) is 18.7 Å². The lowest BCUT2D eigenvalue weighted by Crippen LogP contribution is -2.57. The lowest BCUT2D eigenvalue weighted by atomic mass is 9.70. The molecule has 280 valence electrons. The molecule has 12 heteroatoms. The Kier molecular flexibility index (Phi) is 13.7. The molecule has 5 rings (SSSR count). The summed E-state index contributed by atoms with van der Waals surface area (Å²) in [6, 6.07) is 11.5. The number of thiol groups is 1. The topological polar surface area (TPSA) is 77.5 Å². The number of aliphatic hydroxyl groups excluding tert-OH is 1. The summed E-state index contributed by atoms with van der Waals surface area (Å²) in [6.07, 6.45) is 7.52. The van der Waals surface area contributed by atoms with Gasteiger partial charge in [-0.15, -0.1) is 0 Å². The molecule has 0 aromatic heterocycles. The molecule has 1 aliphatic carbocycles. The number of anilines is 1. The normalized spacial score (nSPS) is 22.6. The van der Waals surface area contributed by atoms with Gasteiger partial charge in [0.15, 0.2) is 6.10 Å². The van der Waals surface area contributed by atoms with Crippen LogP contribution in [0.15, 0.2) is 60.8 Å². The maximum atomic E-state index is 13.5. The standard InChI is InChI=1S/C39H53ClF2N4O4S/c1-5-8-27-19-31(40)12-14-32(27)30-22-46(34-20-28(37(47)38(48)43-51)11-15-36(34)50-23-30)21-29-10-13-33(29)35(9-6-7-16-44(4)26(2)3)49-18-17-45-24-39(41,42)25-45/h6,9,11-12,14-15,19-20,29-30,33,35,37,47,51H,2,5,7-8,10,13,16-18,21-25H2,1,3-4H3,(H,43,48)/b9-6+. The second-order valence-corrected chi connectivity index (χ2v) is 15.0. The van der Waals surface area contributed by atoms with E-state index in [2.05, 4.69) is 65.1 Å². The van der Waals surface area contributed by atoms with E-state index < -0.39 is 17.9 Å². The number of halogens is 3. The average Bonchev–Trinajstić information content (AvgIpc) is 3.25. The monoisotopic (exact) mass is 746 g/mol. The number of hydrogen-bond donors (Lipinski definition) is 3. The highest BCUT2D eigenvalue weighted by molar-refractivity contribution is 7.78. The van der Waals surface area contributed by atoms with Crippen LogP contribution in [0.1, 0.15) is 68.2 Å². The molecule has 0 bridgehead atoms. The lowest BCUT2D eigenvalue weighted by Gasteiger charge is -2.44. The predicted molar refractivity (Wildman–Crippen MR) is 203 cm³/mol. The number of likely N-dealkylation sites (tertiary alicyclic amines) is 1. The molecular weight excluding hydrogens is 694 g/mol. The van der Waals surface area contributed by atoms with Crippen LogP contribution in [0.5, 0.6) is 5.75 Å². The molecule has 5 unspecified atom stereocenters. The van der Waals surface area contributed by atoms with Gasteiger partial charge in [-0.25, -0.2) is 8.78 Å². The Morgan fingerprint density at radius 1 is 1.27 bits per heavy atom. The van der Waals surface area contributed by atoms with Crippen molar-refractivity contribution in [1.82, 2.24) is 14.5 Å². The molecule has 2 heterocycles. The third-order valence-electron chi connectivity index (χ3n) is 10.5. The van der Waals surface area contributed by atoms with E-state index in [0.717, 1.165) is 56.6 Å². The van der Waals surface area contributed by atoms with E-state index in [1.54, 1.807) is 11.0 Å². The summed E-state index contributed by atoms with van der Waals surface area (Å²) in [4.78, 5) is 18.5. The van der Waals surface area contributed by atoms with Crippen LogP contribution in [-0.2, 0) is 16.0 Å². The lowest BCUT2D eigenvalue weighted by molar-refractivity contribution is -0.138. The Labute approximate surface area is 312 Å². The summed E-state index contributed by atoms with van der Waals surface area (Å²) >= 11 is 10.3. The van der Waals surface area contributed by atoms with Gasteiger partial charge in [-0.05, 0) is 85.4 Å². The van der Waals surface area contributed by atoms with Gasteiger partial charge in [0.2, 0.25) is 0 Å². The molecule has 5 atom stereocenters. The summed E-state index contributed by atoms with van der Waals surface area (Å²) in [5.74, 6) is -1.94. The van der Waals surface area contributed by atoms with Gasteiger partial charge in [0.25, 0.3) is 11.8 Å². The zero-order valence-corrected chi connectivity index (χ0v) is 31.7. The fourth-order valence-corrected chi connectivity index (χ4v) is 7.66. The Balaban J connectivity index is 1.39. The van der Waals surface area contributed by atoms with Crippen molar-refractivity contribution in [3.8, 4) is 5.75 Å². The molecule has 1 amide bonds. The van der Waals surface area contributed by atoms with Crippen LogP contribution in [0.4, 0.5) is 14.5 Å². The molecule has 2 aromatic rings. The highest BCUT2D eigenvalue weighted by Crippen LogP contribution is 2.43. The third kappa shape index (κ3) is 10.2. The van der Waals surface area contributed by atoms with Crippen LogP contribution in [0.25, 0.3) is 0 Å². The van der Waals surface area contributed by atoms with E-state index in [4.69, 9.17) is 21.1 Å². The number of carbonyl (C=O) groups is 1. The van der Waals surface area contributed by atoms with Crippen molar-refractivity contribution < 1.29 is 28.2 Å². The molecule has 1 saturated carbocycles. The molecule has 2 N–H and O–H groups in total. The van der Waals surface area contributed by atoms with Crippen LogP contribution in [0.2, 0.25) is 5.02 Å². The molecule has 0 spiro atoms. The first kappa shape index (κ1) is 39.4. The number of carbonyl (C=O) groups excluding carboxylic acids is 1. The molecule has 1 saturated heterocycles. The number of nitrogens with zero attached hydrogens (tertiary/aromatic N) is 3. The van der Waals surface area contributed by atoms with Gasteiger partial charge in [0, 0.05) is 49.9 Å². The van der Waals surface area contributed by atoms with Crippen LogP contribution < -0.4 is 14.4 Å². The fourth-order valence-electron chi connectivity index (χ4n) is 7.35. The number of aliphatic hydroxyl groups is 1. The molecule has 3 aliphatic rings. The first-order valence-electron chi connectivity index (χ1n) is 18.1. The fraction of sp³-hybridized carbons (Fsp3) is 0.564. The zero-order chi connectivity index (χ0) is 36.7. The van der Waals surface area contributed by atoms with Crippen LogP contribution in [0, 0.1) is 11.8 Å². The summed E-state index contributed by atoms with van der Waals surface area (Å²) < 4.78 is 42.1. The molecular formula is C39H53ClF2N4O4S. The van der Waals surface area contributed by atoms with Crippen molar-refractivity contribution in [2.45, 2.75) is 70.0 Å². The van der Waals surface area contributed by atoms with Crippen molar-refractivity contribution in [1.29, 1.82) is 0 Å². The Hall–Kier alpha value is -2.83. The first-order valence-corrected chi connectivity index (χ1v) is 18.9. The Morgan fingerprint density at radius 3 is 2.73 bits per heavy atom. The van der Waals surface area contributed by atoms with Crippen LogP contribution in [-0.4, -0.2) is 92.4 Å². The number of allylic oxidation sites excluding steroid dienone is 1. The summed E-state index contributed by atoms with van der Waals surface area (Å²) in [7, 11) is 2.02. The van der Waals surface area contributed by atoms with E-state index in [0.29, 0.717) is 42.6 Å². The second kappa shape index (κ2) is 17.8. The number of ether oxygens (including phenoxy) is 2. The van der Waals surface area contributed by atoms with Gasteiger partial charge in [0.05, 0.1) is 38.1 Å². The summed E-state index contributed by atoms with van der Waals surface area (Å²) in [5, 5.41) is 11.5. The quantitative estimate of drug-likeness (QED) is 0.118. The van der Waals surface area contributed by atoms with Gasteiger partial charge in [-0.2, -0.15) is 0 Å². The number of benzene rings is 2. The van der Waals surface area contributed by atoms with Crippen molar-refractivity contribution in [2.24, 2.45) is 11.8 Å². The molecule has 2 aromatic carbocycles. The Morgan fingerprint density at radius 2 is 2.06 bits per heavy atom. The molecule has 8 nitrogen and oxygen atoms in total. The van der Waals surface area contributed by atoms with E-state index in [1.807, 2.05) is 32.2 Å². The maximum absolute atomic E-state index is 13.5. The number of amides is 1. The largest absolute Gasteiger partial charge is 0.491 e. The molecule has 51 heavy (non-hydrogen) atoms. The van der Waals surface area contributed by atoms with Crippen molar-refractivity contribution in [3.05, 3.63) is 82.5 Å². The Bertz CT molecular complexity index is 1540. The van der Waals surface area contributed by atoms with Gasteiger partial charge in [-0.1, -0.05) is 68.6 Å². The first-order chi connectivity index (χ1) is 24.4. The highest BCUT2D eigenvalue weighted by Gasteiger charge is 2.44. The minimum absolute atomic E-state index is 0.0516. The zero-order valence-electron chi connectivity index (χ0n) is 30.0. The third-order valence-corrected chi connectivity index (χ3v) is 11.0. The summed E-state index contributed by atoms with van der Waals surface area (Å²) in [5.41, 5.74) is 4.70.